The molecule has 1 aromatic rings. The molecule has 0 saturated heterocycles. The normalized spacial score (nSPS) is 18.1. The Morgan fingerprint density at radius 1 is 1.09 bits per heavy atom. The van der Waals surface area contributed by atoms with Crippen LogP contribution in [-0.2, 0) is 4.79 Å². The Labute approximate surface area is 139 Å². The summed E-state index contributed by atoms with van der Waals surface area (Å²) in [6.07, 6.45) is 0. The zero-order valence-corrected chi connectivity index (χ0v) is 15.2. The van der Waals surface area contributed by atoms with Crippen LogP contribution in [0.4, 0.5) is 4.79 Å². The number of nitrogens with zero attached hydrogens (tertiary/aromatic N) is 1. The summed E-state index contributed by atoms with van der Waals surface area (Å²) in [6.45, 7) is 13.3. The molecule has 0 radical (unpaired) electrons. The van der Waals surface area contributed by atoms with Crippen molar-refractivity contribution in [2.45, 2.75) is 54.5 Å². The van der Waals surface area contributed by atoms with Gasteiger partial charge in [-0.1, -0.05) is 65.0 Å². The van der Waals surface area contributed by atoms with Gasteiger partial charge in [0.15, 0.2) is 0 Å². The van der Waals surface area contributed by atoms with Gasteiger partial charge in [-0.25, -0.2) is 4.79 Å². The molecule has 1 aliphatic heterocycles. The van der Waals surface area contributed by atoms with Crippen molar-refractivity contribution in [3.05, 3.63) is 47.2 Å². The molecule has 0 bridgehead atoms. The summed E-state index contributed by atoms with van der Waals surface area (Å²) in [5.41, 5.74) is 2.13. The second kappa shape index (κ2) is 7.44. The smallest absolute Gasteiger partial charge is 0.311 e. The zero-order valence-electron chi connectivity index (χ0n) is 15.2. The molecule has 2 rings (SSSR count). The van der Waals surface area contributed by atoms with Crippen LogP contribution in [0, 0.1) is 5.41 Å². The number of imide groups is 1. The van der Waals surface area contributed by atoms with E-state index >= 15 is 0 Å². The van der Waals surface area contributed by atoms with E-state index in [4.69, 9.17) is 0 Å². The molecule has 1 aliphatic rings. The number of hydrogen-bond donors (Lipinski definition) is 1. The van der Waals surface area contributed by atoms with Gasteiger partial charge >= 0.3 is 6.03 Å². The van der Waals surface area contributed by atoms with Gasteiger partial charge in [-0.15, -0.1) is 0 Å². The number of urea groups is 1. The van der Waals surface area contributed by atoms with Gasteiger partial charge in [0.2, 0.25) is 5.91 Å². The van der Waals surface area contributed by atoms with Crippen LogP contribution in [0.15, 0.2) is 41.6 Å². The number of amides is 3. The first-order valence-electron chi connectivity index (χ1n) is 8.10. The summed E-state index contributed by atoms with van der Waals surface area (Å²) in [5, 5.41) is 2.78. The van der Waals surface area contributed by atoms with E-state index in [-0.39, 0.29) is 18.0 Å². The van der Waals surface area contributed by atoms with Crippen LogP contribution in [0.1, 0.15) is 60.1 Å². The zero-order chi connectivity index (χ0) is 17.8. The van der Waals surface area contributed by atoms with Crippen LogP contribution in [-0.4, -0.2) is 16.8 Å². The molecule has 0 aromatic heterocycles. The van der Waals surface area contributed by atoms with Gasteiger partial charge in [0.25, 0.3) is 0 Å². The first-order valence-corrected chi connectivity index (χ1v) is 8.10. The summed E-state index contributed by atoms with van der Waals surface area (Å²) < 4.78 is 0. The highest BCUT2D eigenvalue weighted by Gasteiger charge is 2.40. The molecule has 4 heteroatoms. The summed E-state index contributed by atoms with van der Waals surface area (Å²) in [6, 6.07) is 8.97. The molecule has 0 fully saturated rings. The summed E-state index contributed by atoms with van der Waals surface area (Å²) >= 11 is 0. The van der Waals surface area contributed by atoms with Gasteiger partial charge in [-0.3, -0.25) is 9.69 Å². The number of rotatable bonds is 1. The van der Waals surface area contributed by atoms with Crippen LogP contribution in [0.5, 0.6) is 0 Å². The van der Waals surface area contributed by atoms with E-state index in [1.165, 1.54) is 4.90 Å². The lowest BCUT2D eigenvalue weighted by Gasteiger charge is -2.39. The molecule has 23 heavy (non-hydrogen) atoms. The molecule has 0 unspecified atom stereocenters. The first kappa shape index (κ1) is 18.9. The fourth-order valence-corrected chi connectivity index (χ4v) is 2.44. The maximum absolute atomic E-state index is 12.7. The van der Waals surface area contributed by atoms with Crippen molar-refractivity contribution in [1.82, 2.24) is 10.2 Å². The summed E-state index contributed by atoms with van der Waals surface area (Å²) in [5.74, 6) is -0.180. The molecule has 1 heterocycles. The quantitative estimate of drug-likeness (QED) is 0.820. The van der Waals surface area contributed by atoms with Crippen LogP contribution in [0.25, 0.3) is 0 Å². The lowest BCUT2D eigenvalue weighted by atomic mass is 9.89. The predicted molar refractivity (Wildman–Crippen MR) is 93.7 cm³/mol. The number of hydrogen-bond acceptors (Lipinski definition) is 2. The number of carbonyl (C=O) groups excluding carboxylic acids is 2. The minimum absolute atomic E-state index is 0.180. The van der Waals surface area contributed by atoms with Crippen molar-refractivity contribution >= 4 is 11.9 Å². The predicted octanol–water partition coefficient (Wildman–Crippen LogP) is 4.65. The van der Waals surface area contributed by atoms with Crippen molar-refractivity contribution in [1.29, 1.82) is 0 Å². The molecule has 4 nitrogen and oxygen atoms in total. The Hall–Kier alpha value is -2.10. The maximum Gasteiger partial charge on any atom is 0.329 e. The molecule has 1 aromatic carbocycles. The average molecular weight is 316 g/mol. The number of carbonyl (C=O) groups is 2. The molecular weight excluding hydrogens is 288 g/mol. The molecule has 1 N–H and O–H groups in total. The highest BCUT2D eigenvalue weighted by Crippen LogP contribution is 2.35. The van der Waals surface area contributed by atoms with Crippen molar-refractivity contribution in [3.63, 3.8) is 0 Å². The third-order valence-corrected chi connectivity index (χ3v) is 3.75. The summed E-state index contributed by atoms with van der Waals surface area (Å²) in [4.78, 5) is 26.4. The van der Waals surface area contributed by atoms with Gasteiger partial charge in [0.05, 0.1) is 6.04 Å². The van der Waals surface area contributed by atoms with Gasteiger partial charge in [0.1, 0.15) is 0 Å². The second-order valence-corrected chi connectivity index (χ2v) is 6.48. The number of benzene rings is 1. The van der Waals surface area contributed by atoms with Crippen molar-refractivity contribution < 1.29 is 9.59 Å². The Kier molecular flexibility index (Phi) is 6.13. The largest absolute Gasteiger partial charge is 0.329 e. The van der Waals surface area contributed by atoms with Crippen LogP contribution in [0.2, 0.25) is 0 Å². The van der Waals surface area contributed by atoms with E-state index in [9.17, 15) is 9.59 Å². The summed E-state index contributed by atoms with van der Waals surface area (Å²) in [7, 11) is 0. The second-order valence-electron chi connectivity index (χ2n) is 6.48. The van der Waals surface area contributed by atoms with E-state index in [0.717, 1.165) is 16.8 Å². The molecule has 3 amide bonds. The Balaban J connectivity index is 0.00000127. The number of allylic oxidation sites excluding steroid dienone is 1. The van der Waals surface area contributed by atoms with E-state index < -0.39 is 5.41 Å². The minimum atomic E-state index is -0.615. The third kappa shape index (κ3) is 4.01. The SMILES string of the molecule is CC.CC1=C(C)[C@H](c2ccccc2)N(C(=O)C(C)(C)C)C(=O)N1. The van der Waals surface area contributed by atoms with E-state index in [2.05, 4.69) is 5.32 Å². The van der Waals surface area contributed by atoms with Crippen LogP contribution in [0.3, 0.4) is 0 Å². The monoisotopic (exact) mass is 316 g/mol. The van der Waals surface area contributed by atoms with Crippen molar-refractivity contribution in [3.8, 4) is 0 Å². The Bertz CT molecular complexity index is 598. The van der Waals surface area contributed by atoms with Gasteiger partial charge < -0.3 is 5.32 Å². The molecule has 1 atom stereocenters. The first-order chi connectivity index (χ1) is 10.7. The van der Waals surface area contributed by atoms with E-state index in [1.54, 1.807) is 0 Å². The standard InChI is InChI=1S/C17H22N2O2.C2H6/c1-11-12(2)18-16(21)19(15(20)17(3,4)5)14(11)13-9-7-6-8-10-13;1-2/h6-10,14H,1-5H3,(H,18,21);1-2H3/t14-;/m1./s1. The fourth-order valence-electron chi connectivity index (χ4n) is 2.44. The molecule has 0 saturated carbocycles. The van der Waals surface area contributed by atoms with Gasteiger partial charge in [-0.05, 0) is 25.0 Å². The topological polar surface area (TPSA) is 49.4 Å². The molecule has 0 spiro atoms. The van der Waals surface area contributed by atoms with E-state index in [1.807, 2.05) is 78.8 Å². The van der Waals surface area contributed by atoms with E-state index in [0.29, 0.717) is 0 Å². The maximum atomic E-state index is 12.7. The molecular formula is C19H28N2O2. The lowest BCUT2D eigenvalue weighted by molar-refractivity contribution is -0.138. The molecule has 0 aliphatic carbocycles. The van der Waals surface area contributed by atoms with Crippen LogP contribution < -0.4 is 5.32 Å². The van der Waals surface area contributed by atoms with Gasteiger partial charge in [-0.2, -0.15) is 0 Å². The van der Waals surface area contributed by atoms with Crippen molar-refractivity contribution in [2.75, 3.05) is 0 Å². The van der Waals surface area contributed by atoms with Gasteiger partial charge in [0, 0.05) is 11.1 Å². The fraction of sp³-hybridized carbons (Fsp3) is 0.474. The highest BCUT2D eigenvalue weighted by molar-refractivity contribution is 5.99. The average Bonchev–Trinajstić information content (AvgIpc) is 2.52. The number of nitrogens with one attached hydrogen (secondary N) is 1. The van der Waals surface area contributed by atoms with Crippen molar-refractivity contribution in [2.24, 2.45) is 5.41 Å². The minimum Gasteiger partial charge on any atom is -0.311 e. The highest BCUT2D eigenvalue weighted by atomic mass is 16.2. The Morgan fingerprint density at radius 2 is 1.61 bits per heavy atom. The third-order valence-electron chi connectivity index (χ3n) is 3.75. The molecule has 126 valence electrons. The Morgan fingerprint density at radius 3 is 2.09 bits per heavy atom. The lowest BCUT2D eigenvalue weighted by Crippen LogP contribution is -2.52. The van der Waals surface area contributed by atoms with Crippen LogP contribution >= 0.6 is 0 Å².